The molecule has 0 aliphatic heterocycles. The lowest BCUT2D eigenvalue weighted by molar-refractivity contribution is 1.16. The number of hydrogen-bond acceptors (Lipinski definition) is 3. The third-order valence-electron chi connectivity index (χ3n) is 1.99. The molecule has 0 aliphatic carbocycles. The molecule has 1 aromatic carbocycles. The van der Waals surface area contributed by atoms with Crippen molar-refractivity contribution < 1.29 is 0 Å². The van der Waals surface area contributed by atoms with Gasteiger partial charge in [0.15, 0.2) is 5.82 Å². The molecule has 0 aliphatic rings. The second-order valence-electron chi connectivity index (χ2n) is 3.08. The summed E-state index contributed by atoms with van der Waals surface area (Å²) in [6.07, 6.45) is 3.11. The van der Waals surface area contributed by atoms with Crippen molar-refractivity contribution in [1.82, 2.24) is 9.97 Å². The Labute approximate surface area is 99.5 Å². The van der Waals surface area contributed by atoms with Crippen molar-refractivity contribution in [3.63, 3.8) is 0 Å². The first-order valence-electron chi connectivity index (χ1n) is 4.49. The zero-order valence-corrected chi connectivity index (χ0v) is 9.24. The predicted octanol–water partition coefficient (Wildman–Crippen LogP) is 1.85. The van der Waals surface area contributed by atoms with E-state index in [9.17, 15) is 0 Å². The second-order valence-corrected chi connectivity index (χ2v) is 3.08. The molecular weight excluding hydrogens is 224 g/mol. The number of nitrogens with zero attached hydrogens (tertiary/aromatic N) is 2. The van der Waals surface area contributed by atoms with E-state index in [1.807, 2.05) is 30.3 Å². The Kier molecular flexibility index (Phi) is 3.96. The Bertz CT molecular complexity index is 467. The number of nitrogens with one attached hydrogen (secondary N) is 1. The molecule has 0 amide bonds. The van der Waals surface area contributed by atoms with E-state index in [-0.39, 0.29) is 18.2 Å². The van der Waals surface area contributed by atoms with Crippen LogP contribution in [0.3, 0.4) is 0 Å². The van der Waals surface area contributed by atoms with Crippen LogP contribution in [0.2, 0.25) is 0 Å². The third-order valence-corrected chi connectivity index (χ3v) is 1.99. The molecule has 5 heteroatoms. The predicted molar refractivity (Wildman–Crippen MR) is 65.7 cm³/mol. The molecule has 4 nitrogen and oxygen atoms in total. The zero-order chi connectivity index (χ0) is 10.7. The van der Waals surface area contributed by atoms with Crippen LogP contribution in [-0.4, -0.2) is 15.8 Å². The summed E-state index contributed by atoms with van der Waals surface area (Å²) in [4.78, 5) is 8.28. The number of halogens is 1. The van der Waals surface area contributed by atoms with Gasteiger partial charge in [-0.15, -0.1) is 12.4 Å². The molecular formula is C11H11ClN4. The molecule has 0 bridgehead atoms. The molecule has 0 fully saturated rings. The van der Waals surface area contributed by atoms with Crippen molar-refractivity contribution in [2.75, 3.05) is 0 Å². The molecule has 0 atom stereocenters. The molecule has 1 heterocycles. The number of nitrogen functional groups attached to an aromatic ring is 1. The van der Waals surface area contributed by atoms with E-state index in [1.54, 1.807) is 12.4 Å². The number of hydrogen-bond donors (Lipinski definition) is 2. The van der Waals surface area contributed by atoms with E-state index < -0.39 is 0 Å². The van der Waals surface area contributed by atoms with Gasteiger partial charge in [-0.1, -0.05) is 30.3 Å². The lowest BCUT2D eigenvalue weighted by Crippen LogP contribution is -2.11. The van der Waals surface area contributed by atoms with Crippen LogP contribution in [0.1, 0.15) is 5.56 Å². The fourth-order valence-electron chi connectivity index (χ4n) is 1.20. The van der Waals surface area contributed by atoms with Gasteiger partial charge in [0.25, 0.3) is 0 Å². The van der Waals surface area contributed by atoms with Crippen molar-refractivity contribution in [2.24, 2.45) is 5.73 Å². The van der Waals surface area contributed by atoms with Crippen LogP contribution in [0.25, 0.3) is 11.4 Å². The van der Waals surface area contributed by atoms with Crippen LogP contribution < -0.4 is 5.73 Å². The van der Waals surface area contributed by atoms with E-state index in [0.29, 0.717) is 11.4 Å². The van der Waals surface area contributed by atoms with E-state index in [2.05, 4.69) is 9.97 Å². The fourth-order valence-corrected chi connectivity index (χ4v) is 1.20. The number of aromatic nitrogens is 2. The van der Waals surface area contributed by atoms with Crippen LogP contribution in [-0.2, 0) is 0 Å². The van der Waals surface area contributed by atoms with E-state index in [0.717, 1.165) is 5.56 Å². The SMILES string of the molecule is Cl.N=C(N)c1cnc(-c2ccccc2)nc1. The Balaban J connectivity index is 0.00000128. The summed E-state index contributed by atoms with van der Waals surface area (Å²) < 4.78 is 0. The van der Waals surface area contributed by atoms with Crippen LogP contribution in [0.5, 0.6) is 0 Å². The average Bonchev–Trinajstić information content (AvgIpc) is 2.30. The number of nitrogens with two attached hydrogens (primary N) is 1. The quantitative estimate of drug-likeness (QED) is 0.615. The first-order valence-corrected chi connectivity index (χ1v) is 4.49. The molecule has 2 aromatic rings. The Morgan fingerprint density at radius 2 is 1.62 bits per heavy atom. The van der Waals surface area contributed by atoms with E-state index in [4.69, 9.17) is 11.1 Å². The van der Waals surface area contributed by atoms with Crippen LogP contribution >= 0.6 is 12.4 Å². The van der Waals surface area contributed by atoms with Crippen molar-refractivity contribution >= 4 is 18.2 Å². The van der Waals surface area contributed by atoms with Crippen LogP contribution in [0.15, 0.2) is 42.7 Å². The molecule has 0 unspecified atom stereocenters. The first kappa shape index (κ1) is 12.1. The van der Waals surface area contributed by atoms with Crippen molar-refractivity contribution in [1.29, 1.82) is 5.41 Å². The number of rotatable bonds is 2. The lowest BCUT2D eigenvalue weighted by Gasteiger charge is -2.00. The Morgan fingerprint density at radius 3 is 2.12 bits per heavy atom. The molecule has 0 spiro atoms. The summed E-state index contributed by atoms with van der Waals surface area (Å²) in [6.45, 7) is 0. The van der Waals surface area contributed by atoms with Gasteiger partial charge in [-0.25, -0.2) is 9.97 Å². The molecule has 0 saturated carbocycles. The average molecular weight is 235 g/mol. The number of amidine groups is 1. The van der Waals surface area contributed by atoms with E-state index in [1.165, 1.54) is 0 Å². The topological polar surface area (TPSA) is 75.7 Å². The van der Waals surface area contributed by atoms with Gasteiger partial charge >= 0.3 is 0 Å². The highest BCUT2D eigenvalue weighted by Gasteiger charge is 2.01. The molecule has 82 valence electrons. The zero-order valence-electron chi connectivity index (χ0n) is 8.42. The molecule has 16 heavy (non-hydrogen) atoms. The van der Waals surface area contributed by atoms with Gasteiger partial charge in [0.05, 0.1) is 5.56 Å². The highest BCUT2D eigenvalue weighted by atomic mass is 35.5. The minimum absolute atomic E-state index is 0. The molecule has 0 saturated heterocycles. The van der Waals surface area contributed by atoms with Crippen LogP contribution in [0, 0.1) is 5.41 Å². The van der Waals surface area contributed by atoms with Crippen molar-refractivity contribution in [2.45, 2.75) is 0 Å². The molecule has 3 N–H and O–H groups in total. The van der Waals surface area contributed by atoms with Gasteiger partial charge < -0.3 is 5.73 Å². The molecule has 0 radical (unpaired) electrons. The maximum Gasteiger partial charge on any atom is 0.159 e. The van der Waals surface area contributed by atoms with Crippen LogP contribution in [0.4, 0.5) is 0 Å². The second kappa shape index (κ2) is 5.23. The standard InChI is InChI=1S/C11H10N4.ClH/c12-10(13)9-6-14-11(15-7-9)8-4-2-1-3-5-8;/h1-7H,(H3,12,13);1H. The smallest absolute Gasteiger partial charge is 0.159 e. The normalized spacial score (nSPS) is 9.25. The summed E-state index contributed by atoms with van der Waals surface area (Å²) in [5.74, 6) is 0.621. The fraction of sp³-hybridized carbons (Fsp3) is 0. The van der Waals surface area contributed by atoms with Gasteiger partial charge in [-0.05, 0) is 0 Å². The van der Waals surface area contributed by atoms with Gasteiger partial charge in [0, 0.05) is 18.0 Å². The van der Waals surface area contributed by atoms with Gasteiger partial charge in [0.1, 0.15) is 5.84 Å². The largest absolute Gasteiger partial charge is 0.384 e. The van der Waals surface area contributed by atoms with Gasteiger partial charge in [-0.3, -0.25) is 5.41 Å². The summed E-state index contributed by atoms with van der Waals surface area (Å²) >= 11 is 0. The summed E-state index contributed by atoms with van der Waals surface area (Å²) in [5.41, 5.74) is 6.79. The molecule has 1 aromatic heterocycles. The highest BCUT2D eigenvalue weighted by molar-refractivity contribution is 5.94. The minimum Gasteiger partial charge on any atom is -0.384 e. The number of benzene rings is 1. The summed E-state index contributed by atoms with van der Waals surface area (Å²) in [7, 11) is 0. The highest BCUT2D eigenvalue weighted by Crippen LogP contribution is 2.12. The Hall–Kier alpha value is -1.94. The third kappa shape index (κ3) is 2.55. The lowest BCUT2D eigenvalue weighted by atomic mass is 10.2. The van der Waals surface area contributed by atoms with Crippen molar-refractivity contribution in [3.05, 3.63) is 48.3 Å². The summed E-state index contributed by atoms with van der Waals surface area (Å²) in [6, 6.07) is 9.66. The van der Waals surface area contributed by atoms with E-state index >= 15 is 0 Å². The maximum atomic E-state index is 7.21. The first-order chi connectivity index (χ1) is 7.27. The minimum atomic E-state index is -0.0189. The Morgan fingerprint density at radius 1 is 1.06 bits per heavy atom. The molecule has 2 rings (SSSR count). The van der Waals surface area contributed by atoms with Gasteiger partial charge in [0.2, 0.25) is 0 Å². The maximum absolute atomic E-state index is 7.21. The summed E-state index contributed by atoms with van der Waals surface area (Å²) in [5, 5.41) is 7.21. The monoisotopic (exact) mass is 234 g/mol. The van der Waals surface area contributed by atoms with Crippen molar-refractivity contribution in [3.8, 4) is 11.4 Å². The van der Waals surface area contributed by atoms with Gasteiger partial charge in [-0.2, -0.15) is 0 Å².